The van der Waals surface area contributed by atoms with Crippen LogP contribution >= 0.6 is 0 Å². The van der Waals surface area contributed by atoms with Crippen LogP contribution in [0.25, 0.3) is 22.2 Å². The topological polar surface area (TPSA) is 56.0 Å². The van der Waals surface area contributed by atoms with E-state index < -0.39 is 0 Å². The fourth-order valence-electron chi connectivity index (χ4n) is 4.01. The van der Waals surface area contributed by atoms with Crippen LogP contribution in [0.2, 0.25) is 0 Å². The van der Waals surface area contributed by atoms with Crippen molar-refractivity contribution in [1.29, 1.82) is 0 Å². The summed E-state index contributed by atoms with van der Waals surface area (Å²) in [7, 11) is 0. The Hall–Kier alpha value is -2.49. The molecular weight excluding hydrogens is 324 g/mol. The van der Waals surface area contributed by atoms with Crippen molar-refractivity contribution in [2.75, 3.05) is 0 Å². The van der Waals surface area contributed by atoms with E-state index in [1.807, 2.05) is 36.4 Å². The van der Waals surface area contributed by atoms with Crippen molar-refractivity contribution < 1.29 is 9.32 Å². The highest BCUT2D eigenvalue weighted by Crippen LogP contribution is 2.33. The molecular formula is C22H24N2O2. The third kappa shape index (κ3) is 3.41. The number of aromatic nitrogens is 2. The van der Waals surface area contributed by atoms with Gasteiger partial charge in [-0.05, 0) is 29.7 Å². The molecule has 0 amide bonds. The molecule has 4 heteroatoms. The number of nitrogens with zero attached hydrogens (tertiary/aromatic N) is 2. The Morgan fingerprint density at radius 2 is 1.58 bits per heavy atom. The molecule has 4 rings (SSSR count). The van der Waals surface area contributed by atoms with Gasteiger partial charge in [0, 0.05) is 17.0 Å². The molecule has 134 valence electrons. The Kier molecular flexibility index (Phi) is 5.09. The maximum atomic E-state index is 11.3. The number of aldehydes is 1. The highest BCUT2D eigenvalue weighted by Gasteiger charge is 2.21. The molecule has 0 spiro atoms. The summed E-state index contributed by atoms with van der Waals surface area (Å²) in [6.07, 6.45) is 10.9. The van der Waals surface area contributed by atoms with Crippen LogP contribution in [0.3, 0.4) is 0 Å². The lowest BCUT2D eigenvalue weighted by molar-refractivity contribution is 0.112. The highest BCUT2D eigenvalue weighted by molar-refractivity contribution is 6.04. The van der Waals surface area contributed by atoms with Crippen LogP contribution in [0.1, 0.15) is 73.5 Å². The molecule has 1 fully saturated rings. The SMILES string of the molecule is O=Cc1ccc(-c2noc(C3CCCCCCCC3)n2)c2ccccc12. The summed E-state index contributed by atoms with van der Waals surface area (Å²) < 4.78 is 5.67. The van der Waals surface area contributed by atoms with E-state index in [4.69, 9.17) is 9.51 Å². The Bertz CT molecular complexity index is 890. The second kappa shape index (κ2) is 7.81. The number of rotatable bonds is 3. The fraction of sp³-hybridized carbons (Fsp3) is 0.409. The monoisotopic (exact) mass is 348 g/mol. The molecule has 0 saturated heterocycles. The first kappa shape index (κ1) is 17.0. The molecule has 1 heterocycles. The summed E-state index contributed by atoms with van der Waals surface area (Å²) in [5, 5.41) is 6.18. The molecule has 26 heavy (non-hydrogen) atoms. The zero-order chi connectivity index (χ0) is 17.8. The Balaban J connectivity index is 1.67. The Morgan fingerprint density at radius 1 is 0.885 bits per heavy atom. The van der Waals surface area contributed by atoms with Gasteiger partial charge in [-0.2, -0.15) is 4.98 Å². The van der Waals surface area contributed by atoms with Crippen LogP contribution in [0.5, 0.6) is 0 Å². The van der Waals surface area contributed by atoms with Crippen LogP contribution in [-0.4, -0.2) is 16.4 Å². The maximum absolute atomic E-state index is 11.3. The van der Waals surface area contributed by atoms with Gasteiger partial charge < -0.3 is 4.52 Å². The lowest BCUT2D eigenvalue weighted by atomic mass is 9.97. The van der Waals surface area contributed by atoms with E-state index in [9.17, 15) is 4.79 Å². The minimum absolute atomic E-state index is 0.370. The smallest absolute Gasteiger partial charge is 0.230 e. The number of fused-ring (bicyclic) bond motifs is 1. The Morgan fingerprint density at radius 3 is 2.31 bits per heavy atom. The molecule has 1 aliphatic carbocycles. The zero-order valence-electron chi connectivity index (χ0n) is 15.0. The van der Waals surface area contributed by atoms with Gasteiger partial charge in [-0.25, -0.2) is 0 Å². The van der Waals surface area contributed by atoms with Gasteiger partial charge in [-0.15, -0.1) is 0 Å². The summed E-state index contributed by atoms with van der Waals surface area (Å²) in [6, 6.07) is 11.6. The van der Waals surface area contributed by atoms with E-state index >= 15 is 0 Å². The quantitative estimate of drug-likeness (QED) is 0.551. The van der Waals surface area contributed by atoms with Gasteiger partial charge >= 0.3 is 0 Å². The molecule has 0 N–H and O–H groups in total. The summed E-state index contributed by atoms with van der Waals surface area (Å²) in [4.78, 5) is 16.1. The minimum atomic E-state index is 0.370. The van der Waals surface area contributed by atoms with Gasteiger partial charge in [0.2, 0.25) is 11.7 Å². The molecule has 1 saturated carbocycles. The van der Waals surface area contributed by atoms with Gasteiger partial charge in [0.05, 0.1) is 0 Å². The van der Waals surface area contributed by atoms with E-state index in [2.05, 4.69) is 5.16 Å². The molecule has 2 aromatic carbocycles. The van der Waals surface area contributed by atoms with E-state index in [0.717, 1.165) is 41.4 Å². The lowest BCUT2D eigenvalue weighted by Gasteiger charge is -2.10. The predicted octanol–water partition coefficient (Wildman–Crippen LogP) is 5.92. The van der Waals surface area contributed by atoms with E-state index in [-0.39, 0.29) is 0 Å². The van der Waals surface area contributed by atoms with Crippen molar-refractivity contribution in [3.05, 3.63) is 47.9 Å². The normalized spacial score (nSPS) is 16.8. The van der Waals surface area contributed by atoms with Crippen LogP contribution in [-0.2, 0) is 0 Å². The largest absolute Gasteiger partial charge is 0.339 e. The summed E-state index contributed by atoms with van der Waals surface area (Å²) >= 11 is 0. The summed E-state index contributed by atoms with van der Waals surface area (Å²) in [5.41, 5.74) is 1.61. The number of carbonyl (C=O) groups is 1. The molecule has 4 nitrogen and oxygen atoms in total. The molecule has 0 unspecified atom stereocenters. The maximum Gasteiger partial charge on any atom is 0.230 e. The first-order chi connectivity index (χ1) is 12.9. The number of hydrogen-bond donors (Lipinski definition) is 0. The van der Waals surface area contributed by atoms with E-state index in [1.54, 1.807) is 0 Å². The number of carbonyl (C=O) groups excluding carboxylic acids is 1. The van der Waals surface area contributed by atoms with Crippen LogP contribution in [0.4, 0.5) is 0 Å². The molecule has 0 atom stereocenters. The van der Waals surface area contributed by atoms with Crippen molar-refractivity contribution in [1.82, 2.24) is 10.1 Å². The molecule has 0 bridgehead atoms. The number of hydrogen-bond acceptors (Lipinski definition) is 4. The first-order valence-corrected chi connectivity index (χ1v) is 9.68. The van der Waals surface area contributed by atoms with Gasteiger partial charge in [0.25, 0.3) is 0 Å². The van der Waals surface area contributed by atoms with Crippen molar-refractivity contribution in [2.24, 2.45) is 0 Å². The fourth-order valence-corrected chi connectivity index (χ4v) is 4.01. The standard InChI is InChI=1S/C22H24N2O2/c25-15-17-13-14-20(19-12-8-7-11-18(17)19)21-23-22(26-24-21)16-9-5-3-1-2-4-6-10-16/h7-8,11-16H,1-6,9-10H2. The molecule has 0 aliphatic heterocycles. The first-order valence-electron chi connectivity index (χ1n) is 9.68. The van der Waals surface area contributed by atoms with E-state index in [0.29, 0.717) is 17.3 Å². The zero-order valence-corrected chi connectivity index (χ0v) is 15.0. The molecule has 1 aromatic heterocycles. The highest BCUT2D eigenvalue weighted by atomic mass is 16.5. The van der Waals surface area contributed by atoms with Gasteiger partial charge in [0.15, 0.2) is 6.29 Å². The second-order valence-corrected chi connectivity index (χ2v) is 7.22. The number of benzene rings is 2. The van der Waals surface area contributed by atoms with Crippen molar-refractivity contribution in [3.63, 3.8) is 0 Å². The van der Waals surface area contributed by atoms with E-state index in [1.165, 1.54) is 38.5 Å². The van der Waals surface area contributed by atoms with Crippen molar-refractivity contribution >= 4 is 17.1 Å². The third-order valence-corrected chi connectivity index (χ3v) is 5.47. The van der Waals surface area contributed by atoms with Gasteiger partial charge in [-0.3, -0.25) is 4.79 Å². The average Bonchev–Trinajstić information content (AvgIpc) is 3.20. The minimum Gasteiger partial charge on any atom is -0.339 e. The molecule has 0 radical (unpaired) electrons. The summed E-state index contributed by atoms with van der Waals surface area (Å²) in [6.45, 7) is 0. The second-order valence-electron chi connectivity index (χ2n) is 7.22. The predicted molar refractivity (Wildman–Crippen MR) is 102 cm³/mol. The van der Waals surface area contributed by atoms with Crippen LogP contribution < -0.4 is 0 Å². The molecule has 1 aliphatic rings. The van der Waals surface area contributed by atoms with Crippen molar-refractivity contribution in [3.8, 4) is 11.4 Å². The Labute approximate surface area is 153 Å². The average molecular weight is 348 g/mol. The van der Waals surface area contributed by atoms with Gasteiger partial charge in [0.1, 0.15) is 0 Å². The van der Waals surface area contributed by atoms with Crippen molar-refractivity contribution in [2.45, 2.75) is 57.3 Å². The van der Waals surface area contributed by atoms with Crippen LogP contribution in [0.15, 0.2) is 40.9 Å². The molecule has 3 aromatic rings. The lowest BCUT2D eigenvalue weighted by Crippen LogP contribution is -1.99. The van der Waals surface area contributed by atoms with Gasteiger partial charge in [-0.1, -0.05) is 74.0 Å². The van der Waals surface area contributed by atoms with Crippen LogP contribution in [0, 0.1) is 0 Å². The summed E-state index contributed by atoms with van der Waals surface area (Å²) in [5.74, 6) is 1.76. The third-order valence-electron chi connectivity index (χ3n) is 5.47.